The van der Waals surface area contributed by atoms with Crippen LogP contribution in [0.4, 0.5) is 11.4 Å². The van der Waals surface area contributed by atoms with Crippen molar-refractivity contribution in [3.63, 3.8) is 0 Å². The van der Waals surface area contributed by atoms with Crippen LogP contribution >= 0.6 is 23.8 Å². The first kappa shape index (κ1) is 23.6. The molecule has 3 rings (SSSR count). The summed E-state index contributed by atoms with van der Waals surface area (Å²) in [6.45, 7) is 3.27. The average Bonchev–Trinajstić information content (AvgIpc) is 2.76. The molecule has 0 amide bonds. The third-order valence-electron chi connectivity index (χ3n) is 4.77. The van der Waals surface area contributed by atoms with E-state index in [4.69, 9.17) is 38.0 Å². The molecule has 1 fully saturated rings. The van der Waals surface area contributed by atoms with Crippen LogP contribution < -0.4 is 20.1 Å². The van der Waals surface area contributed by atoms with Crippen LogP contribution in [0.1, 0.15) is 5.56 Å². The van der Waals surface area contributed by atoms with Gasteiger partial charge in [-0.3, -0.25) is 0 Å². The summed E-state index contributed by atoms with van der Waals surface area (Å²) in [6, 6.07) is 8.08. The number of anilines is 2. The van der Waals surface area contributed by atoms with E-state index in [1.54, 1.807) is 20.3 Å². The predicted molar refractivity (Wildman–Crippen MR) is 125 cm³/mol. The summed E-state index contributed by atoms with van der Waals surface area (Å²) >= 11 is 11.7. The molecule has 1 saturated heterocycles. The largest absolute Gasteiger partial charge is 0.493 e. The SMILES string of the molecule is COc1cc(C)c(NC(=S)Nc2cc(S(=O)(=O)N3CCOCC3)ccc2Cl)cc1OC. The molecule has 1 aliphatic heterocycles. The van der Waals surface area contributed by atoms with Gasteiger partial charge in [-0.1, -0.05) is 11.6 Å². The molecule has 1 heterocycles. The van der Waals surface area contributed by atoms with E-state index in [0.717, 1.165) is 5.56 Å². The van der Waals surface area contributed by atoms with Gasteiger partial charge < -0.3 is 24.8 Å². The van der Waals surface area contributed by atoms with Gasteiger partial charge in [0.25, 0.3) is 0 Å². The van der Waals surface area contributed by atoms with Gasteiger partial charge in [-0.05, 0) is 49.0 Å². The van der Waals surface area contributed by atoms with E-state index < -0.39 is 10.0 Å². The highest BCUT2D eigenvalue weighted by atomic mass is 35.5. The molecule has 2 aromatic carbocycles. The van der Waals surface area contributed by atoms with Gasteiger partial charge in [-0.25, -0.2) is 8.42 Å². The number of sulfonamides is 1. The number of rotatable bonds is 6. The Balaban J connectivity index is 1.80. The first-order chi connectivity index (χ1) is 14.8. The first-order valence-electron chi connectivity index (χ1n) is 9.44. The predicted octanol–water partition coefficient (Wildman–Crippen LogP) is 3.50. The third kappa shape index (κ3) is 5.39. The maximum absolute atomic E-state index is 12.9. The minimum atomic E-state index is -3.66. The highest BCUT2D eigenvalue weighted by Crippen LogP contribution is 2.33. The summed E-state index contributed by atoms with van der Waals surface area (Å²) in [7, 11) is -0.543. The van der Waals surface area contributed by atoms with Gasteiger partial charge in [0, 0.05) is 24.8 Å². The van der Waals surface area contributed by atoms with Crippen molar-refractivity contribution < 1.29 is 22.6 Å². The third-order valence-corrected chi connectivity index (χ3v) is 7.20. The number of halogens is 1. The zero-order valence-electron chi connectivity index (χ0n) is 17.4. The summed E-state index contributed by atoms with van der Waals surface area (Å²) in [6.07, 6.45) is 0. The molecule has 0 aromatic heterocycles. The van der Waals surface area contributed by atoms with Gasteiger partial charge in [0.15, 0.2) is 16.6 Å². The van der Waals surface area contributed by atoms with Gasteiger partial charge in [0.1, 0.15) is 0 Å². The lowest BCUT2D eigenvalue weighted by Gasteiger charge is -2.26. The lowest BCUT2D eigenvalue weighted by molar-refractivity contribution is 0.0730. The maximum Gasteiger partial charge on any atom is 0.243 e. The van der Waals surface area contributed by atoms with Gasteiger partial charge >= 0.3 is 0 Å². The second kappa shape index (κ2) is 10.0. The molecule has 168 valence electrons. The van der Waals surface area contributed by atoms with E-state index in [9.17, 15) is 8.42 Å². The zero-order valence-corrected chi connectivity index (χ0v) is 19.8. The van der Waals surface area contributed by atoms with Crippen LogP contribution in [-0.4, -0.2) is 58.4 Å². The number of methoxy groups -OCH3 is 2. The smallest absolute Gasteiger partial charge is 0.243 e. The van der Waals surface area contributed by atoms with E-state index in [0.29, 0.717) is 54.2 Å². The Labute approximate surface area is 192 Å². The standard InChI is InChI=1S/C20H24ClN3O5S2/c1-13-10-18(27-2)19(28-3)12-16(13)22-20(30)23-17-11-14(4-5-15(17)21)31(25,26)24-6-8-29-9-7-24/h4-5,10-12H,6-9H2,1-3H3,(H2,22,23,30). The van der Waals surface area contributed by atoms with Crippen LogP contribution in [0.5, 0.6) is 11.5 Å². The molecule has 0 unspecified atom stereocenters. The number of hydrogen-bond acceptors (Lipinski definition) is 6. The van der Waals surface area contributed by atoms with E-state index in [-0.39, 0.29) is 10.0 Å². The van der Waals surface area contributed by atoms with Gasteiger partial charge in [-0.15, -0.1) is 0 Å². The second-order valence-electron chi connectivity index (χ2n) is 6.76. The van der Waals surface area contributed by atoms with Crippen molar-refractivity contribution in [3.05, 3.63) is 40.9 Å². The molecule has 0 aliphatic carbocycles. The Morgan fingerprint density at radius 1 is 1.06 bits per heavy atom. The highest BCUT2D eigenvalue weighted by molar-refractivity contribution is 7.89. The van der Waals surface area contributed by atoms with E-state index >= 15 is 0 Å². The minimum absolute atomic E-state index is 0.131. The van der Waals surface area contributed by atoms with Crippen molar-refractivity contribution in [2.75, 3.05) is 51.2 Å². The topological polar surface area (TPSA) is 89.1 Å². The molecule has 31 heavy (non-hydrogen) atoms. The molecule has 1 aliphatic rings. The number of ether oxygens (including phenoxy) is 3. The van der Waals surface area contributed by atoms with Gasteiger partial charge in [0.05, 0.1) is 43.0 Å². The van der Waals surface area contributed by atoms with Gasteiger partial charge in [-0.2, -0.15) is 4.31 Å². The van der Waals surface area contributed by atoms with Crippen molar-refractivity contribution in [1.82, 2.24) is 4.31 Å². The molecule has 11 heteroatoms. The summed E-state index contributed by atoms with van der Waals surface area (Å²) < 4.78 is 43.1. The van der Waals surface area contributed by atoms with Crippen LogP contribution in [0, 0.1) is 6.92 Å². The Morgan fingerprint density at radius 3 is 2.32 bits per heavy atom. The van der Waals surface area contributed by atoms with Crippen LogP contribution in [0.3, 0.4) is 0 Å². The number of hydrogen-bond donors (Lipinski definition) is 2. The minimum Gasteiger partial charge on any atom is -0.493 e. The Morgan fingerprint density at radius 2 is 1.68 bits per heavy atom. The van der Waals surface area contributed by atoms with Crippen molar-refractivity contribution in [3.8, 4) is 11.5 Å². The normalized spacial score (nSPS) is 14.7. The molecule has 0 saturated carbocycles. The monoisotopic (exact) mass is 485 g/mol. The Bertz CT molecular complexity index is 1070. The second-order valence-corrected chi connectivity index (χ2v) is 9.51. The van der Waals surface area contributed by atoms with Crippen molar-refractivity contribution in [2.24, 2.45) is 0 Å². The van der Waals surface area contributed by atoms with Crippen molar-refractivity contribution >= 4 is 50.3 Å². The highest BCUT2D eigenvalue weighted by Gasteiger charge is 2.27. The molecule has 2 N–H and O–H groups in total. The number of thiocarbonyl (C=S) groups is 1. The van der Waals surface area contributed by atoms with Gasteiger partial charge in [0.2, 0.25) is 10.0 Å². The molecule has 8 nitrogen and oxygen atoms in total. The molecule has 0 atom stereocenters. The Kier molecular flexibility index (Phi) is 7.60. The molecule has 0 bridgehead atoms. The molecule has 0 spiro atoms. The van der Waals surface area contributed by atoms with Crippen LogP contribution in [0.2, 0.25) is 5.02 Å². The van der Waals surface area contributed by atoms with E-state index in [2.05, 4.69) is 10.6 Å². The fourth-order valence-corrected chi connectivity index (χ4v) is 4.91. The zero-order chi connectivity index (χ0) is 22.6. The molecule has 0 radical (unpaired) electrons. The number of nitrogens with one attached hydrogen (secondary N) is 2. The quantitative estimate of drug-likeness (QED) is 0.601. The van der Waals surface area contributed by atoms with Crippen molar-refractivity contribution in [2.45, 2.75) is 11.8 Å². The summed E-state index contributed by atoms with van der Waals surface area (Å²) in [5, 5.41) is 6.65. The summed E-state index contributed by atoms with van der Waals surface area (Å²) in [5.74, 6) is 1.16. The molecular weight excluding hydrogens is 462 g/mol. The number of morpholine rings is 1. The fraction of sp³-hybridized carbons (Fsp3) is 0.350. The van der Waals surface area contributed by atoms with E-state index in [1.165, 1.54) is 22.5 Å². The lowest BCUT2D eigenvalue weighted by Crippen LogP contribution is -2.40. The first-order valence-corrected chi connectivity index (χ1v) is 11.7. The maximum atomic E-state index is 12.9. The Hall–Kier alpha value is -2.11. The number of aryl methyl sites for hydroxylation is 1. The van der Waals surface area contributed by atoms with Crippen LogP contribution in [0.25, 0.3) is 0 Å². The summed E-state index contributed by atoms with van der Waals surface area (Å²) in [4.78, 5) is 0.131. The van der Waals surface area contributed by atoms with Crippen molar-refractivity contribution in [1.29, 1.82) is 0 Å². The molecule has 2 aromatic rings. The number of benzene rings is 2. The van der Waals surface area contributed by atoms with Crippen LogP contribution in [-0.2, 0) is 14.8 Å². The van der Waals surface area contributed by atoms with E-state index in [1.807, 2.05) is 13.0 Å². The molecular formula is C20H24ClN3O5S2. The van der Waals surface area contributed by atoms with Crippen LogP contribution in [0.15, 0.2) is 35.2 Å². The number of nitrogens with zero attached hydrogens (tertiary/aromatic N) is 1. The average molecular weight is 486 g/mol. The lowest BCUT2D eigenvalue weighted by atomic mass is 10.1. The fourth-order valence-electron chi connectivity index (χ4n) is 3.09. The summed E-state index contributed by atoms with van der Waals surface area (Å²) in [5.41, 5.74) is 1.98.